The predicted octanol–water partition coefficient (Wildman–Crippen LogP) is 7.76. The summed E-state index contributed by atoms with van der Waals surface area (Å²) >= 11 is 0. The first-order valence-corrected chi connectivity index (χ1v) is 11.9. The summed E-state index contributed by atoms with van der Waals surface area (Å²) in [6, 6.07) is 16.7. The van der Waals surface area contributed by atoms with Crippen molar-refractivity contribution in [2.24, 2.45) is 5.92 Å². The standard InChI is InChI=1S/C28H36O2/c1-3-5-7-27(29)20-28(30)26-18-16-25(17-19-26)24-14-12-23(13-15-24)22-10-8-21(6-4-2)9-11-22/h12-19,21-22H,3-11,20H2,1-2H3. The van der Waals surface area contributed by atoms with Gasteiger partial charge in [-0.1, -0.05) is 81.6 Å². The molecular formula is C28H36O2. The lowest BCUT2D eigenvalue weighted by atomic mass is 9.77. The molecule has 0 atom stereocenters. The second-order valence-corrected chi connectivity index (χ2v) is 8.95. The third-order valence-corrected chi connectivity index (χ3v) is 6.63. The number of rotatable bonds is 10. The Hall–Kier alpha value is -2.22. The molecule has 1 saturated carbocycles. The fourth-order valence-electron chi connectivity index (χ4n) is 4.73. The van der Waals surface area contributed by atoms with Gasteiger partial charge in [0.1, 0.15) is 5.78 Å². The summed E-state index contributed by atoms with van der Waals surface area (Å²) in [6.07, 6.45) is 10.4. The molecule has 0 heterocycles. The van der Waals surface area contributed by atoms with E-state index in [1.807, 2.05) is 24.3 Å². The first kappa shape index (κ1) is 22.5. The monoisotopic (exact) mass is 404 g/mol. The molecule has 0 aromatic heterocycles. The van der Waals surface area contributed by atoms with Gasteiger partial charge >= 0.3 is 0 Å². The average molecular weight is 405 g/mol. The Bertz CT molecular complexity index is 809. The van der Waals surface area contributed by atoms with Gasteiger partial charge in [-0.2, -0.15) is 0 Å². The van der Waals surface area contributed by atoms with Crippen LogP contribution in [0.2, 0.25) is 0 Å². The van der Waals surface area contributed by atoms with Crippen LogP contribution >= 0.6 is 0 Å². The Morgan fingerprint density at radius 1 is 0.800 bits per heavy atom. The summed E-state index contributed by atoms with van der Waals surface area (Å²) in [5.41, 5.74) is 4.38. The molecule has 1 aliphatic carbocycles. The summed E-state index contributed by atoms with van der Waals surface area (Å²) in [4.78, 5) is 24.2. The molecule has 30 heavy (non-hydrogen) atoms. The van der Waals surface area contributed by atoms with Crippen LogP contribution in [0.15, 0.2) is 48.5 Å². The zero-order valence-electron chi connectivity index (χ0n) is 18.7. The SMILES string of the molecule is CCCCC(=O)CC(=O)c1ccc(-c2ccc(C3CCC(CCC)CC3)cc2)cc1. The van der Waals surface area contributed by atoms with Crippen molar-refractivity contribution in [2.45, 2.75) is 84.0 Å². The molecule has 0 unspecified atom stereocenters. The van der Waals surface area contributed by atoms with E-state index in [2.05, 4.69) is 38.1 Å². The van der Waals surface area contributed by atoms with Gasteiger partial charge in [-0.15, -0.1) is 0 Å². The number of carbonyl (C=O) groups excluding carboxylic acids is 2. The Kier molecular flexibility index (Phi) is 8.42. The molecular weight excluding hydrogens is 368 g/mol. The van der Waals surface area contributed by atoms with Gasteiger partial charge in [-0.25, -0.2) is 0 Å². The number of benzene rings is 2. The Morgan fingerprint density at radius 2 is 1.40 bits per heavy atom. The Balaban J connectivity index is 1.58. The van der Waals surface area contributed by atoms with E-state index in [0.717, 1.165) is 24.3 Å². The highest BCUT2D eigenvalue weighted by Gasteiger charge is 2.21. The van der Waals surface area contributed by atoms with Crippen LogP contribution in [0.3, 0.4) is 0 Å². The van der Waals surface area contributed by atoms with Crippen molar-refractivity contribution >= 4 is 11.6 Å². The van der Waals surface area contributed by atoms with Crippen LogP contribution in [0.4, 0.5) is 0 Å². The predicted molar refractivity (Wildman–Crippen MR) is 125 cm³/mol. The second kappa shape index (κ2) is 11.2. The lowest BCUT2D eigenvalue weighted by molar-refractivity contribution is -0.118. The quantitative estimate of drug-likeness (QED) is 0.299. The van der Waals surface area contributed by atoms with E-state index in [9.17, 15) is 9.59 Å². The van der Waals surface area contributed by atoms with Crippen molar-refractivity contribution in [3.63, 3.8) is 0 Å². The van der Waals surface area contributed by atoms with E-state index >= 15 is 0 Å². The maximum absolute atomic E-state index is 12.3. The van der Waals surface area contributed by atoms with E-state index < -0.39 is 0 Å². The van der Waals surface area contributed by atoms with Gasteiger partial charge in [0, 0.05) is 12.0 Å². The van der Waals surface area contributed by atoms with Crippen molar-refractivity contribution in [1.82, 2.24) is 0 Å². The third-order valence-electron chi connectivity index (χ3n) is 6.63. The van der Waals surface area contributed by atoms with Gasteiger partial charge in [0.15, 0.2) is 5.78 Å². The van der Waals surface area contributed by atoms with E-state index in [1.165, 1.54) is 49.7 Å². The first-order valence-electron chi connectivity index (χ1n) is 11.9. The zero-order chi connectivity index (χ0) is 21.3. The highest BCUT2D eigenvalue weighted by atomic mass is 16.1. The topological polar surface area (TPSA) is 34.1 Å². The molecule has 2 aromatic carbocycles. The molecule has 2 nitrogen and oxygen atoms in total. The van der Waals surface area contributed by atoms with Gasteiger partial charge in [0.2, 0.25) is 0 Å². The minimum absolute atomic E-state index is 0.0224. The number of ketones is 2. The fraction of sp³-hybridized carbons (Fsp3) is 0.500. The molecule has 0 N–H and O–H groups in total. The van der Waals surface area contributed by atoms with Gasteiger partial charge in [0.05, 0.1) is 6.42 Å². The van der Waals surface area contributed by atoms with Crippen LogP contribution in [0.25, 0.3) is 11.1 Å². The van der Waals surface area contributed by atoms with Crippen LogP contribution < -0.4 is 0 Å². The van der Waals surface area contributed by atoms with Crippen LogP contribution in [0, 0.1) is 5.92 Å². The number of hydrogen-bond donors (Lipinski definition) is 0. The van der Waals surface area contributed by atoms with E-state index in [0.29, 0.717) is 17.9 Å². The lowest BCUT2D eigenvalue weighted by Gasteiger charge is -2.28. The second-order valence-electron chi connectivity index (χ2n) is 8.95. The third kappa shape index (κ3) is 6.14. The molecule has 1 fully saturated rings. The number of unbranched alkanes of at least 4 members (excludes halogenated alkanes) is 1. The zero-order valence-corrected chi connectivity index (χ0v) is 18.7. The maximum Gasteiger partial charge on any atom is 0.170 e. The molecule has 2 aromatic rings. The minimum Gasteiger partial charge on any atom is -0.299 e. The Morgan fingerprint density at radius 3 is 1.97 bits per heavy atom. The van der Waals surface area contributed by atoms with Gasteiger partial charge in [0.25, 0.3) is 0 Å². The molecule has 1 aliphatic rings. The van der Waals surface area contributed by atoms with Crippen LogP contribution in [-0.2, 0) is 4.79 Å². The lowest BCUT2D eigenvalue weighted by Crippen LogP contribution is -2.13. The van der Waals surface area contributed by atoms with E-state index in [1.54, 1.807) is 0 Å². The summed E-state index contributed by atoms with van der Waals surface area (Å²) < 4.78 is 0. The van der Waals surface area contributed by atoms with E-state index in [4.69, 9.17) is 0 Å². The summed E-state index contributed by atoms with van der Waals surface area (Å²) in [6.45, 7) is 4.35. The molecule has 0 bridgehead atoms. The number of hydrogen-bond acceptors (Lipinski definition) is 2. The van der Waals surface area contributed by atoms with Crippen molar-refractivity contribution in [3.8, 4) is 11.1 Å². The van der Waals surface area contributed by atoms with Crippen LogP contribution in [0.1, 0.15) is 99.9 Å². The van der Waals surface area contributed by atoms with Crippen molar-refractivity contribution in [3.05, 3.63) is 59.7 Å². The summed E-state index contributed by atoms with van der Waals surface area (Å²) in [5.74, 6) is 1.62. The molecule has 160 valence electrons. The van der Waals surface area contributed by atoms with Crippen molar-refractivity contribution < 1.29 is 9.59 Å². The summed E-state index contributed by atoms with van der Waals surface area (Å²) in [7, 11) is 0. The highest BCUT2D eigenvalue weighted by Crippen LogP contribution is 2.38. The van der Waals surface area contributed by atoms with Crippen molar-refractivity contribution in [2.75, 3.05) is 0 Å². The van der Waals surface area contributed by atoms with Crippen LogP contribution in [0.5, 0.6) is 0 Å². The maximum atomic E-state index is 12.3. The number of Topliss-reactive ketones (excluding diaryl/α,β-unsaturated/α-hetero) is 2. The van der Waals surface area contributed by atoms with Crippen LogP contribution in [-0.4, -0.2) is 11.6 Å². The molecule has 3 rings (SSSR count). The average Bonchev–Trinajstić information content (AvgIpc) is 2.78. The first-order chi connectivity index (χ1) is 14.6. The molecule has 0 aliphatic heterocycles. The molecule has 0 saturated heterocycles. The van der Waals surface area contributed by atoms with Gasteiger partial charge < -0.3 is 0 Å². The van der Waals surface area contributed by atoms with Crippen molar-refractivity contribution in [1.29, 1.82) is 0 Å². The number of carbonyl (C=O) groups is 2. The molecule has 2 heteroatoms. The minimum atomic E-state index is -0.0725. The molecule has 0 spiro atoms. The van der Waals surface area contributed by atoms with Gasteiger partial charge in [-0.05, 0) is 60.6 Å². The smallest absolute Gasteiger partial charge is 0.170 e. The summed E-state index contributed by atoms with van der Waals surface area (Å²) in [5, 5.41) is 0. The van der Waals surface area contributed by atoms with E-state index in [-0.39, 0.29) is 18.0 Å². The normalized spacial score (nSPS) is 18.9. The Labute approximate surface area is 182 Å². The molecule has 0 radical (unpaired) electrons. The van der Waals surface area contributed by atoms with Gasteiger partial charge in [-0.3, -0.25) is 9.59 Å². The largest absolute Gasteiger partial charge is 0.299 e. The fourth-order valence-corrected chi connectivity index (χ4v) is 4.73. The molecule has 0 amide bonds. The highest BCUT2D eigenvalue weighted by molar-refractivity contribution is 6.08.